The summed E-state index contributed by atoms with van der Waals surface area (Å²) in [5.74, 6) is -0.192. The van der Waals surface area contributed by atoms with Gasteiger partial charge in [0.25, 0.3) is 5.91 Å². The molecule has 0 saturated heterocycles. The minimum atomic E-state index is -0.192. The lowest BCUT2D eigenvalue weighted by molar-refractivity contribution is 0.0946. The molecule has 0 aliphatic carbocycles. The van der Waals surface area contributed by atoms with Gasteiger partial charge in [-0.15, -0.1) is 0 Å². The largest absolute Gasteiger partial charge is 0.347 e. The molecule has 3 rings (SSSR count). The fourth-order valence-corrected chi connectivity index (χ4v) is 2.79. The summed E-state index contributed by atoms with van der Waals surface area (Å²) in [4.78, 5) is 23.2. The number of nitrogens with zero attached hydrogens (tertiary/aromatic N) is 3. The van der Waals surface area contributed by atoms with Gasteiger partial charge in [-0.05, 0) is 49.0 Å². The number of amides is 1. The summed E-state index contributed by atoms with van der Waals surface area (Å²) in [5.41, 5.74) is 4.39. The molecule has 2 heterocycles. The minimum Gasteiger partial charge on any atom is -0.347 e. The second kappa shape index (κ2) is 8.36. The quantitative estimate of drug-likeness (QED) is 0.745. The highest BCUT2D eigenvalue weighted by atomic mass is 16.1. The van der Waals surface area contributed by atoms with E-state index < -0.39 is 0 Å². The minimum absolute atomic E-state index is 0.192. The van der Waals surface area contributed by atoms with Gasteiger partial charge in [0.2, 0.25) is 0 Å². The molecule has 0 aliphatic rings. The maximum atomic E-state index is 12.7. The number of carbonyl (C=O) groups excluding carboxylic acids is 1. The Balaban J connectivity index is 1.83. The van der Waals surface area contributed by atoms with Gasteiger partial charge >= 0.3 is 0 Å². The summed E-state index contributed by atoms with van der Waals surface area (Å²) in [7, 11) is 4.07. The standard InChI is InChI=1S/C21H22N4O/c1-25(2)15-16-6-3-8-18(12-16)19-9-5-11-23-20(19)21(26)24-14-17-7-4-10-22-13-17/h3-13H,14-15H2,1-2H3,(H,24,26). The summed E-state index contributed by atoms with van der Waals surface area (Å²) in [5, 5.41) is 2.92. The zero-order valence-electron chi connectivity index (χ0n) is 15.0. The highest BCUT2D eigenvalue weighted by Crippen LogP contribution is 2.23. The van der Waals surface area contributed by atoms with Crippen LogP contribution in [0.25, 0.3) is 11.1 Å². The Bertz CT molecular complexity index is 878. The van der Waals surface area contributed by atoms with Crippen LogP contribution in [0, 0.1) is 0 Å². The Morgan fingerprint density at radius 1 is 1.04 bits per heavy atom. The zero-order chi connectivity index (χ0) is 18.4. The maximum Gasteiger partial charge on any atom is 0.270 e. The topological polar surface area (TPSA) is 58.1 Å². The van der Waals surface area contributed by atoms with Crippen LogP contribution in [-0.2, 0) is 13.1 Å². The lowest BCUT2D eigenvalue weighted by Gasteiger charge is -2.13. The predicted octanol–water partition coefficient (Wildman–Crippen LogP) is 3.14. The highest BCUT2D eigenvalue weighted by Gasteiger charge is 2.14. The molecule has 3 aromatic rings. The molecule has 0 radical (unpaired) electrons. The first-order chi connectivity index (χ1) is 12.6. The Morgan fingerprint density at radius 2 is 1.85 bits per heavy atom. The van der Waals surface area contributed by atoms with Gasteiger partial charge in [0.1, 0.15) is 5.69 Å². The van der Waals surface area contributed by atoms with Gasteiger partial charge in [0.15, 0.2) is 0 Å². The predicted molar refractivity (Wildman–Crippen MR) is 102 cm³/mol. The summed E-state index contributed by atoms with van der Waals surface area (Å²) >= 11 is 0. The van der Waals surface area contributed by atoms with E-state index in [1.165, 1.54) is 5.56 Å². The number of carbonyl (C=O) groups is 1. The fourth-order valence-electron chi connectivity index (χ4n) is 2.79. The van der Waals surface area contributed by atoms with Gasteiger partial charge in [-0.1, -0.05) is 30.3 Å². The normalized spacial score (nSPS) is 10.7. The summed E-state index contributed by atoms with van der Waals surface area (Å²) < 4.78 is 0. The van der Waals surface area contributed by atoms with E-state index in [1.54, 1.807) is 18.6 Å². The zero-order valence-corrected chi connectivity index (χ0v) is 15.0. The molecule has 0 unspecified atom stereocenters. The summed E-state index contributed by atoms with van der Waals surface area (Å²) in [6.07, 6.45) is 5.10. The van der Waals surface area contributed by atoms with Crippen LogP contribution in [0.2, 0.25) is 0 Å². The van der Waals surface area contributed by atoms with Crippen LogP contribution in [0.1, 0.15) is 21.6 Å². The fraction of sp³-hybridized carbons (Fsp3) is 0.190. The highest BCUT2D eigenvalue weighted by molar-refractivity contribution is 5.98. The maximum absolute atomic E-state index is 12.7. The Labute approximate surface area is 153 Å². The van der Waals surface area contributed by atoms with Crippen molar-refractivity contribution in [2.24, 2.45) is 0 Å². The van der Waals surface area contributed by atoms with Crippen molar-refractivity contribution in [3.8, 4) is 11.1 Å². The van der Waals surface area contributed by atoms with Gasteiger partial charge in [0.05, 0.1) is 0 Å². The molecular formula is C21H22N4O. The molecule has 0 saturated carbocycles. The molecule has 5 heteroatoms. The molecule has 0 atom stereocenters. The number of rotatable bonds is 6. The third-order valence-corrected chi connectivity index (χ3v) is 3.94. The van der Waals surface area contributed by atoms with Crippen LogP contribution < -0.4 is 5.32 Å². The van der Waals surface area contributed by atoms with E-state index in [0.29, 0.717) is 12.2 Å². The van der Waals surface area contributed by atoms with Gasteiger partial charge in [-0.2, -0.15) is 0 Å². The summed E-state index contributed by atoms with van der Waals surface area (Å²) in [6.45, 7) is 1.26. The van der Waals surface area contributed by atoms with Crippen molar-refractivity contribution in [1.29, 1.82) is 0 Å². The Kier molecular flexibility index (Phi) is 5.71. The van der Waals surface area contributed by atoms with Gasteiger partial charge in [-0.3, -0.25) is 14.8 Å². The molecular weight excluding hydrogens is 324 g/mol. The lowest BCUT2D eigenvalue weighted by Crippen LogP contribution is -2.24. The smallest absolute Gasteiger partial charge is 0.270 e. The van der Waals surface area contributed by atoms with Crippen molar-refractivity contribution in [2.75, 3.05) is 14.1 Å². The molecule has 0 aliphatic heterocycles. The number of hydrogen-bond donors (Lipinski definition) is 1. The number of aromatic nitrogens is 2. The Hall–Kier alpha value is -3.05. The van der Waals surface area contributed by atoms with E-state index in [2.05, 4.69) is 32.3 Å². The van der Waals surface area contributed by atoms with Crippen molar-refractivity contribution < 1.29 is 4.79 Å². The average molecular weight is 346 g/mol. The van der Waals surface area contributed by atoms with Crippen LogP contribution in [-0.4, -0.2) is 34.9 Å². The number of hydrogen-bond acceptors (Lipinski definition) is 4. The average Bonchev–Trinajstić information content (AvgIpc) is 2.66. The third kappa shape index (κ3) is 4.52. The van der Waals surface area contributed by atoms with Gasteiger partial charge < -0.3 is 10.2 Å². The number of benzene rings is 1. The molecule has 0 fully saturated rings. The second-order valence-electron chi connectivity index (χ2n) is 6.38. The van der Waals surface area contributed by atoms with Crippen molar-refractivity contribution >= 4 is 5.91 Å². The van der Waals surface area contributed by atoms with Crippen molar-refractivity contribution in [1.82, 2.24) is 20.2 Å². The monoisotopic (exact) mass is 346 g/mol. The molecule has 0 spiro atoms. The number of nitrogens with one attached hydrogen (secondary N) is 1. The molecule has 1 amide bonds. The van der Waals surface area contributed by atoms with Crippen molar-refractivity contribution in [3.05, 3.63) is 83.9 Å². The molecule has 132 valence electrons. The van der Waals surface area contributed by atoms with E-state index in [-0.39, 0.29) is 5.91 Å². The van der Waals surface area contributed by atoms with Crippen LogP contribution in [0.4, 0.5) is 0 Å². The van der Waals surface area contributed by atoms with E-state index >= 15 is 0 Å². The van der Waals surface area contributed by atoms with Gasteiger partial charge in [-0.25, -0.2) is 0 Å². The molecule has 2 aromatic heterocycles. The molecule has 1 N–H and O–H groups in total. The van der Waals surface area contributed by atoms with Crippen LogP contribution in [0.15, 0.2) is 67.1 Å². The van der Waals surface area contributed by atoms with E-state index in [4.69, 9.17) is 0 Å². The van der Waals surface area contributed by atoms with Crippen molar-refractivity contribution in [2.45, 2.75) is 13.1 Å². The first-order valence-electron chi connectivity index (χ1n) is 8.49. The molecule has 26 heavy (non-hydrogen) atoms. The SMILES string of the molecule is CN(C)Cc1cccc(-c2cccnc2C(=O)NCc2cccnc2)c1. The summed E-state index contributed by atoms with van der Waals surface area (Å²) in [6, 6.07) is 15.8. The number of pyridine rings is 2. The van der Waals surface area contributed by atoms with E-state index in [0.717, 1.165) is 23.2 Å². The molecule has 5 nitrogen and oxygen atoms in total. The second-order valence-corrected chi connectivity index (χ2v) is 6.38. The molecule has 0 bridgehead atoms. The third-order valence-electron chi connectivity index (χ3n) is 3.94. The molecule has 1 aromatic carbocycles. The van der Waals surface area contributed by atoms with Gasteiger partial charge in [0, 0.05) is 37.2 Å². The van der Waals surface area contributed by atoms with E-state index in [9.17, 15) is 4.79 Å². The van der Waals surface area contributed by atoms with Crippen molar-refractivity contribution in [3.63, 3.8) is 0 Å². The lowest BCUT2D eigenvalue weighted by atomic mass is 10.0. The van der Waals surface area contributed by atoms with E-state index in [1.807, 2.05) is 50.5 Å². The first kappa shape index (κ1) is 17.8. The van der Waals surface area contributed by atoms with Crippen LogP contribution in [0.3, 0.4) is 0 Å². The van der Waals surface area contributed by atoms with Crippen LogP contribution in [0.5, 0.6) is 0 Å². The first-order valence-corrected chi connectivity index (χ1v) is 8.49. The Morgan fingerprint density at radius 3 is 2.62 bits per heavy atom. The van der Waals surface area contributed by atoms with Crippen LogP contribution >= 0.6 is 0 Å².